The van der Waals surface area contributed by atoms with E-state index in [4.69, 9.17) is 4.74 Å². The second-order valence-corrected chi connectivity index (χ2v) is 4.58. The Hall–Kier alpha value is -1.19. The number of ether oxygens (including phenoxy) is 1. The number of nitrogens with zero attached hydrogens (tertiary/aromatic N) is 1. The molecule has 0 radical (unpaired) electrons. The van der Waals surface area contributed by atoms with E-state index in [1.807, 2.05) is 31.5 Å². The van der Waals surface area contributed by atoms with Crippen molar-refractivity contribution in [2.75, 3.05) is 6.54 Å². The van der Waals surface area contributed by atoms with E-state index in [9.17, 15) is 0 Å². The van der Waals surface area contributed by atoms with Crippen LogP contribution in [0.4, 0.5) is 0 Å². The predicted molar refractivity (Wildman–Crippen MR) is 75.4 cm³/mol. The largest absolute Gasteiger partial charge is 0.373 e. The highest BCUT2D eigenvalue weighted by atomic mass is 16.5. The van der Waals surface area contributed by atoms with E-state index in [1.165, 1.54) is 5.56 Å². The molecule has 3 heteroatoms. The van der Waals surface area contributed by atoms with Gasteiger partial charge in [-0.2, -0.15) is 0 Å². The SMILES string of the molecule is C=CC.CC1CC(OCc2ccncc2)CCN1. The first-order valence-corrected chi connectivity index (χ1v) is 6.57. The smallest absolute Gasteiger partial charge is 0.0721 e. The summed E-state index contributed by atoms with van der Waals surface area (Å²) in [6.45, 7) is 9.24. The summed E-state index contributed by atoms with van der Waals surface area (Å²) < 4.78 is 5.87. The molecule has 3 nitrogen and oxygen atoms in total. The molecule has 2 heterocycles. The number of hydrogen-bond donors (Lipinski definition) is 1. The van der Waals surface area contributed by atoms with Crippen LogP contribution in [0.2, 0.25) is 0 Å². The molecule has 0 bridgehead atoms. The molecule has 1 aliphatic heterocycles. The van der Waals surface area contributed by atoms with E-state index in [2.05, 4.69) is 23.8 Å². The fraction of sp³-hybridized carbons (Fsp3) is 0.533. The van der Waals surface area contributed by atoms with Crippen LogP contribution in [0, 0.1) is 0 Å². The Morgan fingerprint density at radius 3 is 2.78 bits per heavy atom. The molecule has 2 atom stereocenters. The molecule has 2 unspecified atom stereocenters. The zero-order valence-corrected chi connectivity index (χ0v) is 11.4. The standard InChI is InChI=1S/C12H18N2O.C3H6/c1-10-8-12(4-7-14-10)15-9-11-2-5-13-6-3-11;1-3-2/h2-3,5-6,10,12,14H,4,7-9H2,1H3;3H,1H2,2H3. The summed E-state index contributed by atoms with van der Waals surface area (Å²) in [5, 5.41) is 3.42. The minimum Gasteiger partial charge on any atom is -0.373 e. The van der Waals surface area contributed by atoms with Crippen LogP contribution in [0.3, 0.4) is 0 Å². The number of pyridine rings is 1. The van der Waals surface area contributed by atoms with Crippen molar-refractivity contribution >= 4 is 0 Å². The van der Waals surface area contributed by atoms with E-state index in [0.717, 1.165) is 19.4 Å². The minimum atomic E-state index is 0.411. The average molecular weight is 248 g/mol. The lowest BCUT2D eigenvalue weighted by Gasteiger charge is -2.28. The lowest BCUT2D eigenvalue weighted by molar-refractivity contribution is 0.0126. The zero-order chi connectivity index (χ0) is 13.2. The van der Waals surface area contributed by atoms with Gasteiger partial charge in [-0.3, -0.25) is 4.98 Å². The predicted octanol–water partition coefficient (Wildman–Crippen LogP) is 2.93. The Morgan fingerprint density at radius 2 is 2.17 bits per heavy atom. The molecule has 1 aliphatic rings. The van der Waals surface area contributed by atoms with E-state index in [0.29, 0.717) is 18.8 Å². The van der Waals surface area contributed by atoms with Gasteiger partial charge in [0.2, 0.25) is 0 Å². The monoisotopic (exact) mass is 248 g/mol. The quantitative estimate of drug-likeness (QED) is 0.835. The van der Waals surface area contributed by atoms with E-state index >= 15 is 0 Å². The zero-order valence-electron chi connectivity index (χ0n) is 11.4. The van der Waals surface area contributed by atoms with Crippen molar-refractivity contribution in [3.8, 4) is 0 Å². The molecule has 1 saturated heterocycles. The molecule has 0 saturated carbocycles. The average Bonchev–Trinajstić information content (AvgIpc) is 2.39. The van der Waals surface area contributed by atoms with Crippen molar-refractivity contribution in [1.29, 1.82) is 0 Å². The molecule has 1 aromatic rings. The van der Waals surface area contributed by atoms with Crippen molar-refractivity contribution < 1.29 is 4.74 Å². The van der Waals surface area contributed by atoms with Crippen LogP contribution >= 0.6 is 0 Å². The number of piperidine rings is 1. The van der Waals surface area contributed by atoms with Crippen LogP contribution in [0.25, 0.3) is 0 Å². The van der Waals surface area contributed by atoms with Crippen LogP contribution < -0.4 is 5.32 Å². The van der Waals surface area contributed by atoms with E-state index < -0.39 is 0 Å². The van der Waals surface area contributed by atoms with Crippen LogP contribution in [0.5, 0.6) is 0 Å². The van der Waals surface area contributed by atoms with Gasteiger partial charge < -0.3 is 10.1 Å². The molecule has 0 aliphatic carbocycles. The minimum absolute atomic E-state index is 0.411. The van der Waals surface area contributed by atoms with Crippen molar-refractivity contribution in [3.05, 3.63) is 42.7 Å². The molecule has 1 N–H and O–H groups in total. The maximum absolute atomic E-state index is 5.87. The molecule has 100 valence electrons. The second-order valence-electron chi connectivity index (χ2n) is 4.58. The van der Waals surface area contributed by atoms with Gasteiger partial charge in [-0.1, -0.05) is 6.08 Å². The van der Waals surface area contributed by atoms with Crippen LogP contribution in [0.1, 0.15) is 32.3 Å². The molecule has 0 aromatic carbocycles. The molecular weight excluding hydrogens is 224 g/mol. The first kappa shape index (κ1) is 14.9. The fourth-order valence-corrected chi connectivity index (χ4v) is 1.93. The van der Waals surface area contributed by atoms with Crippen molar-refractivity contribution in [1.82, 2.24) is 10.3 Å². The topological polar surface area (TPSA) is 34.1 Å². The lowest BCUT2D eigenvalue weighted by atomic mass is 10.0. The van der Waals surface area contributed by atoms with Crippen LogP contribution in [0.15, 0.2) is 37.2 Å². The van der Waals surface area contributed by atoms with Gasteiger partial charge in [0.1, 0.15) is 0 Å². The molecule has 0 spiro atoms. The second kappa shape index (κ2) is 8.84. The van der Waals surface area contributed by atoms with Crippen LogP contribution in [-0.4, -0.2) is 23.7 Å². The van der Waals surface area contributed by atoms with Crippen molar-refractivity contribution in [2.24, 2.45) is 0 Å². The number of hydrogen-bond acceptors (Lipinski definition) is 3. The van der Waals surface area contributed by atoms with Gasteiger partial charge in [-0.25, -0.2) is 0 Å². The summed E-state index contributed by atoms with van der Waals surface area (Å²) in [6.07, 6.45) is 8.02. The number of aromatic nitrogens is 1. The highest BCUT2D eigenvalue weighted by Crippen LogP contribution is 2.14. The van der Waals surface area contributed by atoms with Gasteiger partial charge in [0.15, 0.2) is 0 Å². The van der Waals surface area contributed by atoms with E-state index in [-0.39, 0.29) is 0 Å². The maximum Gasteiger partial charge on any atom is 0.0721 e. The first-order valence-electron chi connectivity index (χ1n) is 6.57. The highest BCUT2D eigenvalue weighted by molar-refractivity contribution is 5.08. The molecule has 2 rings (SSSR count). The Labute approximate surface area is 110 Å². The Kier molecular flexibility index (Phi) is 7.30. The van der Waals surface area contributed by atoms with Gasteiger partial charge >= 0.3 is 0 Å². The van der Waals surface area contributed by atoms with Crippen LogP contribution in [-0.2, 0) is 11.3 Å². The first-order chi connectivity index (χ1) is 8.76. The van der Waals surface area contributed by atoms with Gasteiger partial charge in [-0.05, 0) is 50.9 Å². The number of nitrogens with one attached hydrogen (secondary N) is 1. The third-order valence-electron chi connectivity index (χ3n) is 2.81. The summed E-state index contributed by atoms with van der Waals surface area (Å²) in [5.74, 6) is 0. The van der Waals surface area contributed by atoms with Gasteiger partial charge in [-0.15, -0.1) is 6.58 Å². The Bertz CT molecular complexity index is 327. The Balaban J connectivity index is 0.000000492. The fourth-order valence-electron chi connectivity index (χ4n) is 1.93. The molecule has 18 heavy (non-hydrogen) atoms. The van der Waals surface area contributed by atoms with Crippen molar-refractivity contribution in [3.63, 3.8) is 0 Å². The summed E-state index contributed by atoms with van der Waals surface area (Å²) in [6, 6.07) is 4.59. The van der Waals surface area contributed by atoms with Gasteiger partial charge in [0, 0.05) is 18.4 Å². The normalized spacial score (nSPS) is 22.8. The molecular formula is C15H24N2O. The summed E-state index contributed by atoms with van der Waals surface area (Å²) in [7, 11) is 0. The summed E-state index contributed by atoms with van der Waals surface area (Å²) >= 11 is 0. The third-order valence-corrected chi connectivity index (χ3v) is 2.81. The van der Waals surface area contributed by atoms with Gasteiger partial charge in [0.05, 0.1) is 12.7 Å². The van der Waals surface area contributed by atoms with Crippen molar-refractivity contribution in [2.45, 2.75) is 45.4 Å². The molecule has 0 amide bonds. The lowest BCUT2D eigenvalue weighted by Crippen LogP contribution is -2.39. The van der Waals surface area contributed by atoms with Gasteiger partial charge in [0.25, 0.3) is 0 Å². The maximum atomic E-state index is 5.87. The highest BCUT2D eigenvalue weighted by Gasteiger charge is 2.18. The van der Waals surface area contributed by atoms with E-state index in [1.54, 1.807) is 6.08 Å². The molecule has 1 aromatic heterocycles. The number of allylic oxidation sites excluding steroid dienone is 1. The summed E-state index contributed by atoms with van der Waals surface area (Å²) in [5.41, 5.74) is 1.20. The Morgan fingerprint density at radius 1 is 1.50 bits per heavy atom. The molecule has 1 fully saturated rings. The third kappa shape index (κ3) is 5.94. The number of rotatable bonds is 3. The summed E-state index contributed by atoms with van der Waals surface area (Å²) in [4.78, 5) is 3.99.